The summed E-state index contributed by atoms with van der Waals surface area (Å²) >= 11 is 0. The van der Waals surface area contributed by atoms with Gasteiger partial charge in [-0.25, -0.2) is 0 Å². The van der Waals surface area contributed by atoms with Gasteiger partial charge in [-0.1, -0.05) is 6.92 Å². The molecule has 0 aliphatic carbocycles. The first kappa shape index (κ1) is 13.2. The number of rotatable bonds is 7. The summed E-state index contributed by atoms with van der Waals surface area (Å²) in [6.45, 7) is 8.33. The molecule has 1 heterocycles. The number of nitrogens with zero attached hydrogens (tertiary/aromatic N) is 3. The second-order valence-corrected chi connectivity index (χ2v) is 4.46. The Labute approximate surface area is 98.6 Å². The monoisotopic (exact) mass is 224 g/mol. The van der Waals surface area contributed by atoms with Crippen LogP contribution in [0.2, 0.25) is 0 Å². The van der Waals surface area contributed by atoms with Crippen molar-refractivity contribution in [2.75, 3.05) is 27.2 Å². The first-order valence-electron chi connectivity index (χ1n) is 6.02. The third-order valence-electron chi connectivity index (χ3n) is 2.71. The highest BCUT2D eigenvalue weighted by Crippen LogP contribution is 2.06. The van der Waals surface area contributed by atoms with Crippen molar-refractivity contribution in [3.63, 3.8) is 0 Å². The third-order valence-corrected chi connectivity index (χ3v) is 2.71. The van der Waals surface area contributed by atoms with Crippen LogP contribution in [-0.2, 0) is 13.1 Å². The van der Waals surface area contributed by atoms with E-state index in [1.54, 1.807) is 0 Å². The van der Waals surface area contributed by atoms with E-state index in [2.05, 4.69) is 47.9 Å². The Morgan fingerprint density at radius 1 is 1.44 bits per heavy atom. The van der Waals surface area contributed by atoms with Crippen LogP contribution >= 0.6 is 0 Å². The minimum absolute atomic E-state index is 0.932. The second kappa shape index (κ2) is 6.66. The number of hydrogen-bond acceptors (Lipinski definition) is 3. The van der Waals surface area contributed by atoms with Crippen molar-refractivity contribution in [3.05, 3.63) is 17.5 Å². The largest absolute Gasteiger partial charge is 0.313 e. The van der Waals surface area contributed by atoms with Crippen LogP contribution in [0.25, 0.3) is 0 Å². The Morgan fingerprint density at radius 2 is 2.19 bits per heavy atom. The lowest BCUT2D eigenvalue weighted by Crippen LogP contribution is -2.20. The van der Waals surface area contributed by atoms with Crippen LogP contribution in [0.1, 0.15) is 24.6 Å². The second-order valence-electron chi connectivity index (χ2n) is 4.46. The van der Waals surface area contributed by atoms with E-state index in [-0.39, 0.29) is 0 Å². The summed E-state index contributed by atoms with van der Waals surface area (Å²) in [5.41, 5.74) is 2.60. The highest BCUT2D eigenvalue weighted by atomic mass is 15.3. The van der Waals surface area contributed by atoms with Crippen LogP contribution in [0.4, 0.5) is 0 Å². The lowest BCUT2D eigenvalue weighted by atomic mass is 10.2. The summed E-state index contributed by atoms with van der Waals surface area (Å²) in [5, 5.41) is 7.82. The molecule has 0 radical (unpaired) electrons. The van der Waals surface area contributed by atoms with Crippen molar-refractivity contribution in [3.8, 4) is 0 Å². The van der Waals surface area contributed by atoms with Gasteiger partial charge in [0.25, 0.3) is 0 Å². The van der Waals surface area contributed by atoms with Gasteiger partial charge in [-0.2, -0.15) is 5.10 Å². The summed E-state index contributed by atoms with van der Waals surface area (Å²) in [6, 6.07) is 0. The lowest BCUT2D eigenvalue weighted by Gasteiger charge is -2.11. The standard InChI is InChI=1S/C12H24N4/c1-5-6-13-9-12-10-14-16(11(12)2)8-7-15(3)4/h10,13H,5-9H2,1-4H3. The zero-order valence-electron chi connectivity index (χ0n) is 11.0. The average molecular weight is 224 g/mol. The minimum atomic E-state index is 0.932. The van der Waals surface area contributed by atoms with Crippen LogP contribution in [0.3, 0.4) is 0 Å². The molecular weight excluding hydrogens is 200 g/mol. The third kappa shape index (κ3) is 3.94. The van der Waals surface area contributed by atoms with Gasteiger partial charge in [-0.15, -0.1) is 0 Å². The Kier molecular flexibility index (Phi) is 5.49. The van der Waals surface area contributed by atoms with E-state index in [9.17, 15) is 0 Å². The Bertz CT molecular complexity index is 304. The van der Waals surface area contributed by atoms with Crippen molar-refractivity contribution in [1.29, 1.82) is 0 Å². The van der Waals surface area contributed by atoms with Gasteiger partial charge in [0, 0.05) is 24.3 Å². The van der Waals surface area contributed by atoms with Crippen molar-refractivity contribution in [2.24, 2.45) is 0 Å². The molecule has 0 atom stereocenters. The molecule has 0 saturated heterocycles. The Balaban J connectivity index is 2.48. The van der Waals surface area contributed by atoms with E-state index < -0.39 is 0 Å². The highest BCUT2D eigenvalue weighted by molar-refractivity contribution is 5.15. The fraction of sp³-hybridized carbons (Fsp3) is 0.750. The van der Waals surface area contributed by atoms with Gasteiger partial charge in [0.1, 0.15) is 0 Å². The smallest absolute Gasteiger partial charge is 0.0539 e. The quantitative estimate of drug-likeness (QED) is 0.708. The number of aromatic nitrogens is 2. The predicted octanol–water partition coefficient (Wildman–Crippen LogP) is 1.25. The van der Waals surface area contributed by atoms with E-state index in [0.717, 1.165) is 26.2 Å². The van der Waals surface area contributed by atoms with E-state index in [1.165, 1.54) is 17.7 Å². The molecule has 0 amide bonds. The molecule has 0 unspecified atom stereocenters. The highest BCUT2D eigenvalue weighted by Gasteiger charge is 2.05. The maximum atomic E-state index is 4.42. The fourth-order valence-electron chi connectivity index (χ4n) is 1.58. The number of hydrogen-bond donors (Lipinski definition) is 1. The molecule has 1 N–H and O–H groups in total. The topological polar surface area (TPSA) is 33.1 Å². The maximum Gasteiger partial charge on any atom is 0.0539 e. The molecule has 0 aliphatic heterocycles. The summed E-state index contributed by atoms with van der Waals surface area (Å²) in [4.78, 5) is 2.18. The summed E-state index contributed by atoms with van der Waals surface area (Å²) in [5.74, 6) is 0. The van der Waals surface area contributed by atoms with Crippen LogP contribution in [0.15, 0.2) is 6.20 Å². The summed E-state index contributed by atoms with van der Waals surface area (Å²) in [7, 11) is 4.17. The molecule has 92 valence electrons. The number of likely N-dealkylation sites (N-methyl/N-ethyl adjacent to an activating group) is 1. The van der Waals surface area contributed by atoms with Crippen LogP contribution < -0.4 is 5.32 Å². The number of nitrogens with one attached hydrogen (secondary N) is 1. The molecule has 1 rings (SSSR count). The van der Waals surface area contributed by atoms with E-state index in [0.29, 0.717) is 0 Å². The van der Waals surface area contributed by atoms with Gasteiger partial charge < -0.3 is 10.2 Å². The van der Waals surface area contributed by atoms with Crippen molar-refractivity contribution >= 4 is 0 Å². The molecule has 16 heavy (non-hydrogen) atoms. The van der Waals surface area contributed by atoms with Crippen molar-refractivity contribution < 1.29 is 0 Å². The Morgan fingerprint density at radius 3 is 2.81 bits per heavy atom. The maximum absolute atomic E-state index is 4.42. The van der Waals surface area contributed by atoms with Crippen molar-refractivity contribution in [1.82, 2.24) is 20.0 Å². The molecule has 4 nitrogen and oxygen atoms in total. The van der Waals surface area contributed by atoms with Gasteiger partial charge in [0.05, 0.1) is 12.7 Å². The zero-order valence-corrected chi connectivity index (χ0v) is 11.0. The van der Waals surface area contributed by atoms with Crippen molar-refractivity contribution in [2.45, 2.75) is 33.4 Å². The molecule has 0 saturated carbocycles. The molecule has 1 aromatic rings. The summed E-state index contributed by atoms with van der Waals surface area (Å²) < 4.78 is 2.09. The van der Waals surface area contributed by atoms with Crippen LogP contribution in [0.5, 0.6) is 0 Å². The molecule has 0 aliphatic rings. The molecule has 4 heteroatoms. The van der Waals surface area contributed by atoms with Gasteiger partial charge in [0.15, 0.2) is 0 Å². The van der Waals surface area contributed by atoms with E-state index in [1.807, 2.05) is 6.20 Å². The minimum Gasteiger partial charge on any atom is -0.313 e. The predicted molar refractivity (Wildman–Crippen MR) is 67.5 cm³/mol. The molecule has 0 bridgehead atoms. The van der Waals surface area contributed by atoms with E-state index >= 15 is 0 Å². The van der Waals surface area contributed by atoms with Crippen LogP contribution in [-0.4, -0.2) is 41.9 Å². The van der Waals surface area contributed by atoms with Gasteiger partial charge in [-0.05, 0) is 34.0 Å². The first-order valence-corrected chi connectivity index (χ1v) is 6.02. The average Bonchev–Trinajstić information content (AvgIpc) is 2.58. The molecule has 0 spiro atoms. The molecule has 0 fully saturated rings. The van der Waals surface area contributed by atoms with Gasteiger partial charge >= 0.3 is 0 Å². The molecular formula is C12H24N4. The normalized spacial score (nSPS) is 11.3. The first-order chi connectivity index (χ1) is 7.65. The zero-order chi connectivity index (χ0) is 12.0. The molecule has 1 aromatic heterocycles. The lowest BCUT2D eigenvalue weighted by molar-refractivity contribution is 0.370. The van der Waals surface area contributed by atoms with Crippen LogP contribution in [0, 0.1) is 6.92 Å². The van der Waals surface area contributed by atoms with Gasteiger partial charge in [-0.3, -0.25) is 4.68 Å². The SMILES string of the molecule is CCCNCc1cnn(CCN(C)C)c1C. The Hall–Kier alpha value is -0.870. The fourth-order valence-corrected chi connectivity index (χ4v) is 1.58. The van der Waals surface area contributed by atoms with E-state index in [4.69, 9.17) is 0 Å². The summed E-state index contributed by atoms with van der Waals surface area (Å²) in [6.07, 6.45) is 3.15. The van der Waals surface area contributed by atoms with Gasteiger partial charge in [0.2, 0.25) is 0 Å². The molecule has 0 aromatic carbocycles.